The van der Waals surface area contributed by atoms with Crippen LogP contribution in [0.4, 0.5) is 13.2 Å². The zero-order valence-corrected chi connectivity index (χ0v) is 11.6. The first-order valence-corrected chi connectivity index (χ1v) is 6.93. The van der Waals surface area contributed by atoms with Gasteiger partial charge in [0.1, 0.15) is 5.82 Å². The number of hydrogen-bond acceptors (Lipinski definition) is 5. The smallest absolute Gasteiger partial charge is 0.381 e. The predicted octanol–water partition coefficient (Wildman–Crippen LogP) is 0.478. The third kappa shape index (κ3) is 2.77. The minimum absolute atomic E-state index is 0.0882. The van der Waals surface area contributed by atoms with Crippen molar-refractivity contribution in [3.8, 4) is 0 Å². The van der Waals surface area contributed by atoms with E-state index in [0.29, 0.717) is 38.7 Å². The van der Waals surface area contributed by atoms with Gasteiger partial charge in [0, 0.05) is 38.2 Å². The normalized spacial score (nSPS) is 27.0. The molecule has 0 radical (unpaired) electrons. The second-order valence-electron chi connectivity index (χ2n) is 5.81. The molecule has 0 bridgehead atoms. The van der Waals surface area contributed by atoms with Crippen molar-refractivity contribution in [2.24, 2.45) is 11.1 Å². The van der Waals surface area contributed by atoms with Crippen molar-refractivity contribution in [1.29, 1.82) is 0 Å². The number of fused-ring (bicyclic) bond motifs is 1. The Bertz CT molecular complexity index is 509. The molecule has 1 fully saturated rings. The van der Waals surface area contributed by atoms with Crippen LogP contribution in [0.5, 0.6) is 0 Å². The van der Waals surface area contributed by atoms with Gasteiger partial charge >= 0.3 is 6.18 Å². The Morgan fingerprint density at radius 3 is 2.71 bits per heavy atom. The van der Waals surface area contributed by atoms with E-state index in [1.165, 1.54) is 0 Å². The third-order valence-electron chi connectivity index (χ3n) is 4.26. The van der Waals surface area contributed by atoms with Crippen molar-refractivity contribution in [2.45, 2.75) is 25.7 Å². The summed E-state index contributed by atoms with van der Waals surface area (Å²) in [4.78, 5) is 2.09. The first-order valence-electron chi connectivity index (χ1n) is 6.93. The zero-order chi connectivity index (χ0) is 15.1. The van der Waals surface area contributed by atoms with Crippen LogP contribution in [-0.4, -0.2) is 52.5 Å². The Morgan fingerprint density at radius 2 is 2.10 bits per heavy atom. The van der Waals surface area contributed by atoms with Crippen LogP contribution < -0.4 is 5.73 Å². The Kier molecular flexibility index (Phi) is 3.66. The highest BCUT2D eigenvalue weighted by molar-refractivity contribution is 5.03. The van der Waals surface area contributed by atoms with Crippen LogP contribution in [0.3, 0.4) is 0 Å². The van der Waals surface area contributed by atoms with Crippen LogP contribution in [0.2, 0.25) is 0 Å². The second kappa shape index (κ2) is 5.22. The topological polar surface area (TPSA) is 69.2 Å². The molecule has 3 rings (SSSR count). The summed E-state index contributed by atoms with van der Waals surface area (Å²) in [7, 11) is 0. The summed E-state index contributed by atoms with van der Waals surface area (Å²) in [6.45, 7) is 3.70. The summed E-state index contributed by atoms with van der Waals surface area (Å²) in [5.74, 6) is -0.547. The fourth-order valence-corrected chi connectivity index (χ4v) is 3.03. The molecule has 0 aliphatic carbocycles. The monoisotopic (exact) mass is 305 g/mol. The lowest BCUT2D eigenvalue weighted by Crippen LogP contribution is -2.46. The van der Waals surface area contributed by atoms with Crippen LogP contribution in [0.1, 0.15) is 18.1 Å². The molecule has 21 heavy (non-hydrogen) atoms. The first-order chi connectivity index (χ1) is 9.93. The van der Waals surface area contributed by atoms with Gasteiger partial charge in [0.05, 0.1) is 13.2 Å². The van der Waals surface area contributed by atoms with Crippen LogP contribution in [-0.2, 0) is 24.0 Å². The number of rotatable bonds is 3. The largest absolute Gasteiger partial charge is 0.451 e. The van der Waals surface area contributed by atoms with Gasteiger partial charge in [-0.1, -0.05) is 0 Å². The van der Waals surface area contributed by atoms with E-state index in [1.54, 1.807) is 0 Å². The van der Waals surface area contributed by atoms with Crippen LogP contribution in [0.15, 0.2) is 0 Å². The fourth-order valence-electron chi connectivity index (χ4n) is 3.03. The molecule has 2 aliphatic heterocycles. The van der Waals surface area contributed by atoms with Gasteiger partial charge in [0.2, 0.25) is 5.82 Å². The standard InChI is InChI=1S/C12H18F3N5O/c13-12(14,15)10-18-17-9-5-19(2-3-20(9)10)7-11(6-16)1-4-21-8-11/h1-8,16H2. The summed E-state index contributed by atoms with van der Waals surface area (Å²) in [5, 5.41) is 6.97. The Balaban J connectivity index is 1.72. The van der Waals surface area contributed by atoms with Gasteiger partial charge in [-0.15, -0.1) is 10.2 Å². The van der Waals surface area contributed by atoms with E-state index in [-0.39, 0.29) is 12.0 Å². The summed E-state index contributed by atoms with van der Waals surface area (Å²) in [6, 6.07) is 0. The summed E-state index contributed by atoms with van der Waals surface area (Å²) >= 11 is 0. The maximum Gasteiger partial charge on any atom is 0.451 e. The van der Waals surface area contributed by atoms with Gasteiger partial charge in [0.25, 0.3) is 0 Å². The highest BCUT2D eigenvalue weighted by Gasteiger charge is 2.41. The Labute approximate surface area is 120 Å². The molecular formula is C12H18F3N5O. The number of alkyl halides is 3. The molecule has 1 aromatic heterocycles. The predicted molar refractivity (Wildman–Crippen MR) is 67.2 cm³/mol. The molecule has 1 aromatic rings. The van der Waals surface area contributed by atoms with Crippen molar-refractivity contribution < 1.29 is 17.9 Å². The van der Waals surface area contributed by atoms with Gasteiger partial charge in [-0.3, -0.25) is 4.90 Å². The van der Waals surface area contributed by atoms with Gasteiger partial charge < -0.3 is 15.0 Å². The molecule has 0 spiro atoms. The molecule has 9 heteroatoms. The molecule has 1 saturated heterocycles. The van der Waals surface area contributed by atoms with Crippen molar-refractivity contribution in [2.75, 3.05) is 32.8 Å². The average molecular weight is 305 g/mol. The average Bonchev–Trinajstić information content (AvgIpc) is 3.04. The van der Waals surface area contributed by atoms with Gasteiger partial charge in [-0.25, -0.2) is 0 Å². The van der Waals surface area contributed by atoms with E-state index in [2.05, 4.69) is 15.1 Å². The molecule has 0 aromatic carbocycles. The molecule has 3 heterocycles. The number of halogens is 3. The van der Waals surface area contributed by atoms with Crippen molar-refractivity contribution in [3.63, 3.8) is 0 Å². The van der Waals surface area contributed by atoms with Crippen LogP contribution >= 0.6 is 0 Å². The summed E-state index contributed by atoms with van der Waals surface area (Å²) in [5.41, 5.74) is 5.76. The van der Waals surface area contributed by atoms with Crippen molar-refractivity contribution in [3.05, 3.63) is 11.6 Å². The number of nitrogens with zero attached hydrogens (tertiary/aromatic N) is 4. The lowest BCUT2D eigenvalue weighted by Gasteiger charge is -2.35. The summed E-state index contributed by atoms with van der Waals surface area (Å²) in [6.07, 6.45) is -3.56. The van der Waals surface area contributed by atoms with E-state index >= 15 is 0 Å². The number of ether oxygens (including phenoxy) is 1. The van der Waals surface area contributed by atoms with Crippen LogP contribution in [0, 0.1) is 5.41 Å². The third-order valence-corrected chi connectivity index (χ3v) is 4.26. The lowest BCUT2D eigenvalue weighted by atomic mass is 9.86. The van der Waals surface area contributed by atoms with E-state index in [0.717, 1.165) is 17.5 Å². The van der Waals surface area contributed by atoms with E-state index in [1.807, 2.05) is 0 Å². The van der Waals surface area contributed by atoms with Crippen LogP contribution in [0.25, 0.3) is 0 Å². The van der Waals surface area contributed by atoms with Gasteiger partial charge in [-0.05, 0) is 6.42 Å². The number of hydrogen-bond donors (Lipinski definition) is 1. The lowest BCUT2D eigenvalue weighted by molar-refractivity contribution is -0.148. The highest BCUT2D eigenvalue weighted by atomic mass is 19.4. The quantitative estimate of drug-likeness (QED) is 0.879. The molecule has 0 amide bonds. The van der Waals surface area contributed by atoms with E-state index in [9.17, 15) is 13.2 Å². The minimum atomic E-state index is -4.45. The van der Waals surface area contributed by atoms with Crippen molar-refractivity contribution in [1.82, 2.24) is 19.7 Å². The fraction of sp³-hybridized carbons (Fsp3) is 0.833. The Hall–Kier alpha value is -1.19. The van der Waals surface area contributed by atoms with Crippen molar-refractivity contribution >= 4 is 0 Å². The number of nitrogens with two attached hydrogens (primary N) is 1. The second-order valence-corrected chi connectivity index (χ2v) is 5.81. The maximum atomic E-state index is 12.8. The minimum Gasteiger partial charge on any atom is -0.381 e. The maximum absolute atomic E-state index is 12.8. The van der Waals surface area contributed by atoms with Gasteiger partial charge in [-0.2, -0.15) is 13.2 Å². The zero-order valence-electron chi connectivity index (χ0n) is 11.6. The van der Waals surface area contributed by atoms with E-state index in [4.69, 9.17) is 10.5 Å². The molecule has 118 valence electrons. The molecule has 2 N–H and O–H groups in total. The Morgan fingerprint density at radius 1 is 1.29 bits per heavy atom. The molecule has 1 atom stereocenters. The highest BCUT2D eigenvalue weighted by Crippen LogP contribution is 2.32. The molecular weight excluding hydrogens is 287 g/mol. The molecule has 2 aliphatic rings. The molecule has 6 nitrogen and oxygen atoms in total. The first kappa shape index (κ1) is 14.7. The van der Waals surface area contributed by atoms with Gasteiger partial charge in [0.15, 0.2) is 0 Å². The summed E-state index contributed by atoms with van der Waals surface area (Å²) < 4.78 is 44.9. The number of aromatic nitrogens is 3. The van der Waals surface area contributed by atoms with E-state index < -0.39 is 12.0 Å². The SMILES string of the molecule is NCC1(CN2CCn3c(nnc3C(F)(F)F)C2)CCOC1. The molecule has 0 saturated carbocycles. The molecule has 1 unspecified atom stereocenters.